The molecule has 0 aliphatic carbocycles. The van der Waals surface area contributed by atoms with E-state index in [4.69, 9.17) is 16.3 Å². The fourth-order valence-corrected chi connectivity index (χ4v) is 2.23. The minimum atomic E-state index is -0.558. The lowest BCUT2D eigenvalue weighted by Crippen LogP contribution is -2.32. The Hall–Kier alpha value is -2.80. The Morgan fingerprint density at radius 1 is 1.26 bits per heavy atom. The van der Waals surface area contributed by atoms with Gasteiger partial charge in [0.05, 0.1) is 10.7 Å². The molecule has 0 saturated carbocycles. The highest BCUT2D eigenvalue weighted by Gasteiger charge is 2.16. The van der Waals surface area contributed by atoms with E-state index in [-0.39, 0.29) is 18.4 Å². The Morgan fingerprint density at radius 3 is 2.63 bits per heavy atom. The maximum absolute atomic E-state index is 12.4. The maximum atomic E-state index is 12.4. The van der Waals surface area contributed by atoms with Gasteiger partial charge in [0.1, 0.15) is 17.6 Å². The number of anilines is 2. The van der Waals surface area contributed by atoms with Gasteiger partial charge in [-0.25, -0.2) is 4.98 Å². The lowest BCUT2D eigenvalue weighted by molar-refractivity contribution is -0.130. The zero-order chi connectivity index (χ0) is 20.0. The van der Waals surface area contributed by atoms with E-state index in [1.807, 2.05) is 25.1 Å². The smallest absolute Gasteiger partial charge is 0.259 e. The SMILES string of the molecule is Cc1ccc(NC(C)C(=O)Nc2ccc(Cl)cn2)c(OCC(=O)N(C)C)c1. The minimum absolute atomic E-state index is 0.0829. The molecule has 1 heterocycles. The molecule has 2 aromatic rings. The fraction of sp³-hybridized carbons (Fsp3) is 0.316. The van der Waals surface area contributed by atoms with Crippen LogP contribution in [0.2, 0.25) is 5.02 Å². The molecule has 0 saturated heterocycles. The molecule has 2 N–H and O–H groups in total. The van der Waals surface area contributed by atoms with Gasteiger partial charge in [0.15, 0.2) is 6.61 Å². The first-order valence-corrected chi connectivity index (χ1v) is 8.76. The summed E-state index contributed by atoms with van der Waals surface area (Å²) in [6.07, 6.45) is 1.46. The standard InChI is InChI=1S/C19H23ClN4O3/c1-12-5-7-15(16(9-12)27-11-18(25)24(3)4)22-13(2)19(26)23-17-8-6-14(20)10-21-17/h5-10,13,22H,11H2,1-4H3,(H,21,23,26). The van der Waals surface area contributed by atoms with Crippen LogP contribution in [0.25, 0.3) is 0 Å². The van der Waals surface area contributed by atoms with Gasteiger partial charge in [0.2, 0.25) is 5.91 Å². The van der Waals surface area contributed by atoms with E-state index in [9.17, 15) is 9.59 Å². The van der Waals surface area contributed by atoms with Gasteiger partial charge in [-0.3, -0.25) is 9.59 Å². The number of ether oxygens (including phenoxy) is 1. The topological polar surface area (TPSA) is 83.6 Å². The molecule has 1 atom stereocenters. The molecule has 7 nitrogen and oxygen atoms in total. The molecule has 27 heavy (non-hydrogen) atoms. The minimum Gasteiger partial charge on any atom is -0.482 e. The first-order chi connectivity index (χ1) is 12.8. The number of carbonyl (C=O) groups excluding carboxylic acids is 2. The second kappa shape index (κ2) is 9.23. The normalized spacial score (nSPS) is 11.4. The van der Waals surface area contributed by atoms with Crippen molar-refractivity contribution in [3.8, 4) is 5.75 Å². The van der Waals surface area contributed by atoms with E-state index in [0.717, 1.165) is 5.56 Å². The van der Waals surface area contributed by atoms with E-state index in [0.29, 0.717) is 22.3 Å². The first-order valence-electron chi connectivity index (χ1n) is 8.39. The van der Waals surface area contributed by atoms with Crippen molar-refractivity contribution in [1.82, 2.24) is 9.88 Å². The molecule has 0 aliphatic rings. The Bertz CT molecular complexity index is 809. The van der Waals surface area contributed by atoms with Crippen molar-refractivity contribution in [2.75, 3.05) is 31.3 Å². The molecule has 0 spiro atoms. The highest BCUT2D eigenvalue weighted by Crippen LogP contribution is 2.26. The second-order valence-corrected chi connectivity index (χ2v) is 6.73. The average molecular weight is 391 g/mol. The third kappa shape index (κ3) is 6.14. The summed E-state index contributed by atoms with van der Waals surface area (Å²) in [6, 6.07) is 8.24. The predicted octanol–water partition coefficient (Wildman–Crippen LogP) is 2.95. The van der Waals surface area contributed by atoms with Crippen molar-refractivity contribution < 1.29 is 14.3 Å². The highest BCUT2D eigenvalue weighted by molar-refractivity contribution is 6.30. The van der Waals surface area contributed by atoms with Crippen LogP contribution in [0.4, 0.5) is 11.5 Å². The number of hydrogen-bond donors (Lipinski definition) is 2. The summed E-state index contributed by atoms with van der Waals surface area (Å²) >= 11 is 5.79. The van der Waals surface area contributed by atoms with E-state index in [2.05, 4.69) is 15.6 Å². The van der Waals surface area contributed by atoms with Gasteiger partial charge in [-0.15, -0.1) is 0 Å². The predicted molar refractivity (Wildman–Crippen MR) is 106 cm³/mol. The monoisotopic (exact) mass is 390 g/mol. The third-order valence-corrected chi connectivity index (χ3v) is 3.95. The van der Waals surface area contributed by atoms with Crippen molar-refractivity contribution in [3.05, 3.63) is 47.1 Å². The second-order valence-electron chi connectivity index (χ2n) is 6.29. The molecule has 0 fully saturated rings. The van der Waals surface area contributed by atoms with Crippen LogP contribution >= 0.6 is 11.6 Å². The van der Waals surface area contributed by atoms with Crippen molar-refractivity contribution in [1.29, 1.82) is 0 Å². The molecule has 8 heteroatoms. The highest BCUT2D eigenvalue weighted by atomic mass is 35.5. The molecule has 1 aromatic carbocycles. The molecule has 2 rings (SSSR count). The number of nitrogens with one attached hydrogen (secondary N) is 2. The van der Waals surface area contributed by atoms with Crippen molar-refractivity contribution in [2.45, 2.75) is 19.9 Å². The molecular weight excluding hydrogens is 368 g/mol. The number of aromatic nitrogens is 1. The number of pyridine rings is 1. The Morgan fingerprint density at radius 2 is 2.00 bits per heavy atom. The van der Waals surface area contributed by atoms with Crippen LogP contribution in [-0.2, 0) is 9.59 Å². The number of likely N-dealkylation sites (N-methyl/N-ethyl adjacent to an activating group) is 1. The first kappa shape index (κ1) is 20.5. The largest absolute Gasteiger partial charge is 0.482 e. The van der Waals surface area contributed by atoms with Crippen LogP contribution in [0.5, 0.6) is 5.75 Å². The van der Waals surface area contributed by atoms with Crippen LogP contribution < -0.4 is 15.4 Å². The summed E-state index contributed by atoms with van der Waals surface area (Å²) in [7, 11) is 3.33. The summed E-state index contributed by atoms with van der Waals surface area (Å²) in [5, 5.41) is 6.31. The van der Waals surface area contributed by atoms with Gasteiger partial charge in [-0.2, -0.15) is 0 Å². The number of nitrogens with zero attached hydrogens (tertiary/aromatic N) is 2. The Balaban J connectivity index is 2.05. The van der Waals surface area contributed by atoms with Gasteiger partial charge in [-0.1, -0.05) is 17.7 Å². The third-order valence-electron chi connectivity index (χ3n) is 3.73. The lowest BCUT2D eigenvalue weighted by Gasteiger charge is -2.19. The van der Waals surface area contributed by atoms with Crippen LogP contribution in [0, 0.1) is 6.92 Å². The van der Waals surface area contributed by atoms with Crippen LogP contribution in [0.1, 0.15) is 12.5 Å². The number of rotatable bonds is 7. The Kier molecular flexibility index (Phi) is 7.01. The van der Waals surface area contributed by atoms with Gasteiger partial charge in [0, 0.05) is 20.3 Å². The Labute approximate surface area is 163 Å². The fourth-order valence-electron chi connectivity index (χ4n) is 2.12. The van der Waals surface area contributed by atoms with E-state index in [1.165, 1.54) is 11.1 Å². The molecule has 2 amide bonds. The number of benzene rings is 1. The van der Waals surface area contributed by atoms with Gasteiger partial charge in [0.25, 0.3) is 5.91 Å². The summed E-state index contributed by atoms with van der Waals surface area (Å²) in [5.41, 5.74) is 1.61. The molecule has 1 unspecified atom stereocenters. The molecule has 0 bridgehead atoms. The zero-order valence-electron chi connectivity index (χ0n) is 15.7. The number of carbonyl (C=O) groups is 2. The van der Waals surface area contributed by atoms with Gasteiger partial charge < -0.3 is 20.3 Å². The summed E-state index contributed by atoms with van der Waals surface area (Å²) < 4.78 is 5.64. The zero-order valence-corrected chi connectivity index (χ0v) is 16.5. The van der Waals surface area contributed by atoms with Crippen molar-refractivity contribution in [3.63, 3.8) is 0 Å². The van der Waals surface area contributed by atoms with Crippen LogP contribution in [0.15, 0.2) is 36.5 Å². The summed E-state index contributed by atoms with van der Waals surface area (Å²) in [6.45, 7) is 3.56. The number of halogens is 1. The van der Waals surface area contributed by atoms with Gasteiger partial charge in [-0.05, 0) is 43.7 Å². The lowest BCUT2D eigenvalue weighted by atomic mass is 10.2. The molecular formula is C19H23ClN4O3. The maximum Gasteiger partial charge on any atom is 0.259 e. The quantitative estimate of drug-likeness (QED) is 0.759. The summed E-state index contributed by atoms with van der Waals surface area (Å²) in [5.74, 6) is 0.507. The average Bonchev–Trinajstić information content (AvgIpc) is 2.63. The molecule has 0 aliphatic heterocycles. The number of aryl methyl sites for hydroxylation is 1. The van der Waals surface area contributed by atoms with Crippen molar-refractivity contribution in [2.24, 2.45) is 0 Å². The van der Waals surface area contributed by atoms with Crippen molar-refractivity contribution >= 4 is 34.9 Å². The number of hydrogen-bond acceptors (Lipinski definition) is 5. The van der Waals surface area contributed by atoms with Crippen LogP contribution in [-0.4, -0.2) is 48.4 Å². The summed E-state index contributed by atoms with van der Waals surface area (Å²) in [4.78, 5) is 29.7. The number of amides is 2. The van der Waals surface area contributed by atoms with Gasteiger partial charge >= 0.3 is 0 Å². The molecule has 0 radical (unpaired) electrons. The van der Waals surface area contributed by atoms with E-state index < -0.39 is 6.04 Å². The van der Waals surface area contributed by atoms with Crippen LogP contribution in [0.3, 0.4) is 0 Å². The van der Waals surface area contributed by atoms with E-state index >= 15 is 0 Å². The van der Waals surface area contributed by atoms with E-state index in [1.54, 1.807) is 33.2 Å². The molecule has 144 valence electrons. The molecule has 1 aromatic heterocycles.